The molecular formula is C15H20N6O. The van der Waals surface area contributed by atoms with Crippen molar-refractivity contribution in [2.75, 3.05) is 13.6 Å². The van der Waals surface area contributed by atoms with E-state index < -0.39 is 5.54 Å². The van der Waals surface area contributed by atoms with Gasteiger partial charge < -0.3 is 5.32 Å². The summed E-state index contributed by atoms with van der Waals surface area (Å²) < 4.78 is 1.84. The number of hydrogen-bond acceptors (Lipinski definition) is 5. The van der Waals surface area contributed by atoms with Gasteiger partial charge in [-0.3, -0.25) is 24.3 Å². The molecule has 1 saturated heterocycles. The first-order valence-corrected chi connectivity index (χ1v) is 7.39. The van der Waals surface area contributed by atoms with Crippen molar-refractivity contribution < 1.29 is 4.79 Å². The number of hydrogen-bond donors (Lipinski definition) is 1. The Bertz CT molecular complexity index is 655. The minimum absolute atomic E-state index is 0.0346. The number of likely N-dealkylation sites (N-methyl/N-ethyl adjacent to an activating group) is 1. The van der Waals surface area contributed by atoms with E-state index >= 15 is 0 Å². The number of nitrogens with zero attached hydrogens (tertiary/aromatic N) is 5. The molecule has 0 unspecified atom stereocenters. The lowest BCUT2D eigenvalue weighted by molar-refractivity contribution is -0.132. The molecule has 1 aliphatic rings. The Morgan fingerprint density at radius 1 is 1.41 bits per heavy atom. The molecule has 0 radical (unpaired) electrons. The quantitative estimate of drug-likeness (QED) is 0.887. The maximum absolute atomic E-state index is 12.7. The Hall–Kier alpha value is -2.28. The molecule has 1 amide bonds. The Kier molecular flexibility index (Phi) is 3.89. The highest BCUT2D eigenvalue weighted by molar-refractivity contribution is 5.87. The van der Waals surface area contributed by atoms with Crippen LogP contribution in [0.4, 0.5) is 0 Å². The summed E-state index contributed by atoms with van der Waals surface area (Å²) in [6.45, 7) is 1.50. The largest absolute Gasteiger partial charge is 0.357 e. The molecule has 1 fully saturated rings. The van der Waals surface area contributed by atoms with Gasteiger partial charge in [0.2, 0.25) is 5.91 Å². The molecule has 2 aromatic rings. The Labute approximate surface area is 129 Å². The van der Waals surface area contributed by atoms with Crippen LogP contribution in [-0.4, -0.2) is 44.1 Å². The van der Waals surface area contributed by atoms with Gasteiger partial charge in [0, 0.05) is 45.8 Å². The topological polar surface area (TPSA) is 75.9 Å². The molecule has 116 valence electrons. The molecule has 1 aliphatic heterocycles. The van der Waals surface area contributed by atoms with Crippen molar-refractivity contribution in [3.05, 3.63) is 42.2 Å². The van der Waals surface area contributed by atoms with Gasteiger partial charge in [0.05, 0.1) is 17.6 Å². The van der Waals surface area contributed by atoms with E-state index in [2.05, 4.69) is 25.3 Å². The molecule has 0 saturated carbocycles. The van der Waals surface area contributed by atoms with Crippen LogP contribution in [-0.2, 0) is 23.9 Å². The van der Waals surface area contributed by atoms with E-state index in [9.17, 15) is 4.79 Å². The highest BCUT2D eigenvalue weighted by Crippen LogP contribution is 2.38. The predicted molar refractivity (Wildman–Crippen MR) is 80.6 cm³/mol. The molecule has 3 rings (SSSR count). The number of amides is 1. The van der Waals surface area contributed by atoms with E-state index in [0.29, 0.717) is 12.2 Å². The molecule has 0 spiro atoms. The number of likely N-dealkylation sites (tertiary alicyclic amines) is 1. The number of rotatable bonds is 4. The summed E-state index contributed by atoms with van der Waals surface area (Å²) in [6.07, 6.45) is 8.42. The third kappa shape index (κ3) is 2.27. The SMILES string of the molecule is CNC(=O)[C@@]1(c2cnccn2)CCCN1Cc1ccnn1C. The van der Waals surface area contributed by atoms with Crippen LogP contribution < -0.4 is 5.32 Å². The molecule has 2 aromatic heterocycles. The number of carbonyl (C=O) groups is 1. The number of carbonyl (C=O) groups excluding carboxylic acids is 1. The molecule has 7 nitrogen and oxygen atoms in total. The second-order valence-electron chi connectivity index (χ2n) is 5.50. The lowest BCUT2D eigenvalue weighted by Gasteiger charge is -2.36. The monoisotopic (exact) mass is 300 g/mol. The summed E-state index contributed by atoms with van der Waals surface area (Å²) in [5.41, 5.74) is 1.01. The zero-order chi connectivity index (χ0) is 15.6. The fourth-order valence-electron chi connectivity index (χ4n) is 3.22. The summed E-state index contributed by atoms with van der Waals surface area (Å²) in [5, 5.41) is 7.01. The number of nitrogens with one attached hydrogen (secondary N) is 1. The van der Waals surface area contributed by atoms with Crippen molar-refractivity contribution in [1.82, 2.24) is 30.0 Å². The number of aryl methyl sites for hydroxylation is 1. The van der Waals surface area contributed by atoms with Gasteiger partial charge in [-0.05, 0) is 18.9 Å². The van der Waals surface area contributed by atoms with Crippen LogP contribution >= 0.6 is 0 Å². The zero-order valence-corrected chi connectivity index (χ0v) is 12.9. The Morgan fingerprint density at radius 2 is 2.27 bits per heavy atom. The maximum Gasteiger partial charge on any atom is 0.246 e. The van der Waals surface area contributed by atoms with Gasteiger partial charge in [0.15, 0.2) is 0 Å². The van der Waals surface area contributed by atoms with Gasteiger partial charge in [0.25, 0.3) is 0 Å². The predicted octanol–water partition coefficient (Wildman–Crippen LogP) is 0.447. The summed E-state index contributed by atoms with van der Waals surface area (Å²) in [6, 6.07) is 1.98. The van der Waals surface area contributed by atoms with Crippen LogP contribution in [0.15, 0.2) is 30.9 Å². The average Bonchev–Trinajstić information content (AvgIpc) is 3.15. The van der Waals surface area contributed by atoms with E-state index in [4.69, 9.17) is 0 Å². The Balaban J connectivity index is 2.01. The number of aromatic nitrogens is 4. The van der Waals surface area contributed by atoms with E-state index in [-0.39, 0.29) is 5.91 Å². The van der Waals surface area contributed by atoms with Crippen molar-refractivity contribution >= 4 is 5.91 Å². The normalized spacial score (nSPS) is 21.9. The third-order valence-electron chi connectivity index (χ3n) is 4.37. The molecule has 0 bridgehead atoms. The van der Waals surface area contributed by atoms with Crippen molar-refractivity contribution in [3.63, 3.8) is 0 Å². The van der Waals surface area contributed by atoms with Crippen molar-refractivity contribution in [1.29, 1.82) is 0 Å². The maximum atomic E-state index is 12.7. The summed E-state index contributed by atoms with van der Waals surface area (Å²) >= 11 is 0. The van der Waals surface area contributed by atoms with E-state index in [1.165, 1.54) is 0 Å². The fourth-order valence-corrected chi connectivity index (χ4v) is 3.22. The molecule has 0 aliphatic carbocycles. The third-order valence-corrected chi connectivity index (χ3v) is 4.37. The van der Waals surface area contributed by atoms with Crippen LogP contribution in [0.5, 0.6) is 0 Å². The van der Waals surface area contributed by atoms with Gasteiger partial charge in [-0.25, -0.2) is 0 Å². The van der Waals surface area contributed by atoms with E-state index in [0.717, 1.165) is 25.1 Å². The highest BCUT2D eigenvalue weighted by atomic mass is 16.2. The summed E-state index contributed by atoms with van der Waals surface area (Å²) in [4.78, 5) is 23.5. The lowest BCUT2D eigenvalue weighted by Crippen LogP contribution is -2.52. The summed E-state index contributed by atoms with van der Waals surface area (Å²) in [7, 11) is 3.58. The van der Waals surface area contributed by atoms with Crippen LogP contribution in [0.1, 0.15) is 24.2 Å². The van der Waals surface area contributed by atoms with Crippen LogP contribution in [0.3, 0.4) is 0 Å². The lowest BCUT2D eigenvalue weighted by atomic mass is 9.90. The molecule has 7 heteroatoms. The minimum Gasteiger partial charge on any atom is -0.357 e. The molecule has 3 heterocycles. The van der Waals surface area contributed by atoms with Crippen molar-refractivity contribution in [3.8, 4) is 0 Å². The molecule has 0 aromatic carbocycles. The molecule has 22 heavy (non-hydrogen) atoms. The zero-order valence-electron chi connectivity index (χ0n) is 12.9. The minimum atomic E-state index is -0.757. The van der Waals surface area contributed by atoms with Crippen LogP contribution in [0.25, 0.3) is 0 Å². The second kappa shape index (κ2) is 5.84. The average molecular weight is 300 g/mol. The van der Waals surface area contributed by atoms with Gasteiger partial charge >= 0.3 is 0 Å². The van der Waals surface area contributed by atoms with Crippen LogP contribution in [0, 0.1) is 0 Å². The van der Waals surface area contributed by atoms with Crippen molar-refractivity contribution in [2.45, 2.75) is 24.9 Å². The first kappa shape index (κ1) is 14.6. The second-order valence-corrected chi connectivity index (χ2v) is 5.50. The van der Waals surface area contributed by atoms with E-state index in [1.807, 2.05) is 17.8 Å². The molecular weight excluding hydrogens is 280 g/mol. The summed E-state index contributed by atoms with van der Waals surface area (Å²) in [5.74, 6) is -0.0346. The standard InChI is InChI=1S/C15H20N6O/c1-16-14(22)15(13-10-17-7-8-18-13)5-3-9-21(15)11-12-4-6-19-20(12)2/h4,6-8,10H,3,5,9,11H2,1-2H3,(H,16,22)/t15-/m0/s1. The van der Waals surface area contributed by atoms with Gasteiger partial charge in [-0.1, -0.05) is 0 Å². The molecule has 1 N–H and O–H groups in total. The molecule has 1 atom stereocenters. The van der Waals surface area contributed by atoms with Crippen LogP contribution in [0.2, 0.25) is 0 Å². The van der Waals surface area contributed by atoms with Gasteiger partial charge in [-0.15, -0.1) is 0 Å². The smallest absolute Gasteiger partial charge is 0.246 e. The first-order valence-electron chi connectivity index (χ1n) is 7.39. The fraction of sp³-hybridized carbons (Fsp3) is 0.467. The van der Waals surface area contributed by atoms with E-state index in [1.54, 1.807) is 31.8 Å². The van der Waals surface area contributed by atoms with Gasteiger partial charge in [-0.2, -0.15) is 5.10 Å². The van der Waals surface area contributed by atoms with Crippen molar-refractivity contribution in [2.24, 2.45) is 7.05 Å². The van der Waals surface area contributed by atoms with Gasteiger partial charge in [0.1, 0.15) is 5.54 Å². The Morgan fingerprint density at radius 3 is 2.91 bits per heavy atom. The highest BCUT2D eigenvalue weighted by Gasteiger charge is 2.49. The first-order chi connectivity index (χ1) is 10.7.